The molecule has 1 heterocycles. The van der Waals surface area contributed by atoms with Crippen molar-refractivity contribution in [2.45, 2.75) is 12.5 Å². The van der Waals surface area contributed by atoms with Gasteiger partial charge in [0.15, 0.2) is 0 Å². The number of likely N-dealkylation sites (N-methyl/N-ethyl adjacent to an activating group) is 1. The van der Waals surface area contributed by atoms with E-state index < -0.39 is 0 Å². The number of nitrogens with one attached hydrogen (secondary N) is 1. The molecule has 0 spiro atoms. The van der Waals surface area contributed by atoms with Crippen molar-refractivity contribution in [3.63, 3.8) is 0 Å². The molecule has 3 heteroatoms. The first-order valence-electron chi connectivity index (χ1n) is 6.39. The third-order valence-electron chi connectivity index (χ3n) is 3.80. The number of anilines is 2. The minimum absolute atomic E-state index is 0. The van der Waals surface area contributed by atoms with Gasteiger partial charge in [0, 0.05) is 24.5 Å². The smallest absolute Gasteiger partial charge is 0.0456 e. The van der Waals surface area contributed by atoms with E-state index >= 15 is 0 Å². The van der Waals surface area contributed by atoms with Crippen molar-refractivity contribution in [2.75, 3.05) is 19.0 Å². The molecule has 0 aromatic heterocycles. The highest BCUT2D eigenvalue weighted by molar-refractivity contribution is 5.85. The van der Waals surface area contributed by atoms with Crippen LogP contribution in [0.2, 0.25) is 0 Å². The molecule has 2 aromatic rings. The largest absolute Gasteiger partial charge is 0.344 e. The van der Waals surface area contributed by atoms with Crippen molar-refractivity contribution < 1.29 is 0 Å². The van der Waals surface area contributed by atoms with Crippen LogP contribution in [-0.4, -0.2) is 14.1 Å². The number of para-hydroxylation sites is 2. The molecule has 0 fully saturated rings. The van der Waals surface area contributed by atoms with Gasteiger partial charge in [0.25, 0.3) is 0 Å². The SMILES string of the molecule is CNC1Cc2ccccc2N(C)c2ccccc21.Cl. The van der Waals surface area contributed by atoms with Gasteiger partial charge in [-0.3, -0.25) is 0 Å². The van der Waals surface area contributed by atoms with Gasteiger partial charge in [-0.2, -0.15) is 0 Å². The second-order valence-corrected chi connectivity index (χ2v) is 4.79. The van der Waals surface area contributed by atoms with Crippen LogP contribution in [0.5, 0.6) is 0 Å². The second-order valence-electron chi connectivity index (χ2n) is 4.79. The third kappa shape index (κ3) is 2.34. The van der Waals surface area contributed by atoms with Crippen LogP contribution >= 0.6 is 12.4 Å². The lowest BCUT2D eigenvalue weighted by atomic mass is 9.99. The van der Waals surface area contributed by atoms with E-state index in [0.717, 1.165) is 6.42 Å². The first kappa shape index (κ1) is 13.9. The Bertz CT molecular complexity index is 568. The predicted molar refractivity (Wildman–Crippen MR) is 83.7 cm³/mol. The lowest BCUT2D eigenvalue weighted by molar-refractivity contribution is 0.597. The minimum Gasteiger partial charge on any atom is -0.344 e. The zero-order chi connectivity index (χ0) is 12.5. The fraction of sp³-hybridized carbons (Fsp3) is 0.250. The predicted octanol–water partition coefficient (Wildman–Crippen LogP) is 3.69. The van der Waals surface area contributed by atoms with E-state index in [1.54, 1.807) is 0 Å². The number of halogens is 1. The highest BCUT2D eigenvalue weighted by Gasteiger charge is 2.23. The fourth-order valence-electron chi connectivity index (χ4n) is 2.82. The zero-order valence-electron chi connectivity index (χ0n) is 11.3. The molecule has 1 unspecified atom stereocenters. The maximum Gasteiger partial charge on any atom is 0.0456 e. The highest BCUT2D eigenvalue weighted by atomic mass is 35.5. The van der Waals surface area contributed by atoms with Crippen molar-refractivity contribution in [3.8, 4) is 0 Å². The number of fused-ring (bicyclic) bond motifs is 2. The fourth-order valence-corrected chi connectivity index (χ4v) is 2.82. The van der Waals surface area contributed by atoms with Crippen molar-refractivity contribution in [1.82, 2.24) is 5.32 Å². The average Bonchev–Trinajstić information content (AvgIpc) is 2.55. The molecule has 100 valence electrons. The summed E-state index contributed by atoms with van der Waals surface area (Å²) in [7, 11) is 4.19. The molecule has 2 nitrogen and oxygen atoms in total. The van der Waals surface area contributed by atoms with Crippen LogP contribution in [0.4, 0.5) is 11.4 Å². The van der Waals surface area contributed by atoms with Crippen LogP contribution in [0.3, 0.4) is 0 Å². The molecule has 0 amide bonds. The Morgan fingerprint density at radius 1 is 1.00 bits per heavy atom. The zero-order valence-corrected chi connectivity index (χ0v) is 12.1. The van der Waals surface area contributed by atoms with E-state index in [4.69, 9.17) is 0 Å². The summed E-state index contributed by atoms with van der Waals surface area (Å²) in [5.41, 5.74) is 5.37. The molecule has 1 aliphatic heterocycles. The molecule has 0 radical (unpaired) electrons. The molecule has 0 saturated heterocycles. The Hall–Kier alpha value is -1.51. The van der Waals surface area contributed by atoms with Crippen molar-refractivity contribution in [1.29, 1.82) is 0 Å². The number of nitrogens with zero attached hydrogens (tertiary/aromatic N) is 1. The van der Waals surface area contributed by atoms with Gasteiger partial charge in [-0.15, -0.1) is 12.4 Å². The summed E-state index contributed by atoms with van der Waals surface area (Å²) < 4.78 is 0. The number of rotatable bonds is 1. The molecule has 1 aliphatic rings. The maximum atomic E-state index is 3.43. The van der Waals surface area contributed by atoms with Crippen LogP contribution in [0.1, 0.15) is 17.2 Å². The molecular formula is C16H19ClN2. The topological polar surface area (TPSA) is 15.3 Å². The lowest BCUT2D eigenvalue weighted by Crippen LogP contribution is -2.18. The van der Waals surface area contributed by atoms with Gasteiger partial charge in [-0.05, 0) is 36.7 Å². The molecule has 1 atom stereocenters. The monoisotopic (exact) mass is 274 g/mol. The molecule has 19 heavy (non-hydrogen) atoms. The average molecular weight is 275 g/mol. The summed E-state index contributed by atoms with van der Waals surface area (Å²) in [5.74, 6) is 0. The number of hydrogen-bond acceptors (Lipinski definition) is 2. The summed E-state index contributed by atoms with van der Waals surface area (Å²) in [6.07, 6.45) is 1.04. The van der Waals surface area contributed by atoms with Crippen LogP contribution in [-0.2, 0) is 6.42 Å². The maximum absolute atomic E-state index is 3.43. The highest BCUT2D eigenvalue weighted by Crippen LogP contribution is 2.38. The first-order chi connectivity index (χ1) is 8.81. The van der Waals surface area contributed by atoms with E-state index in [0.29, 0.717) is 6.04 Å². The standard InChI is InChI=1S/C16H18N2.ClH/c1-17-14-11-12-7-3-5-9-15(12)18(2)16-10-6-4-8-13(14)16;/h3-10,14,17H,11H2,1-2H3;1H. The lowest BCUT2D eigenvalue weighted by Gasteiger charge is -2.22. The van der Waals surface area contributed by atoms with Crippen LogP contribution in [0.15, 0.2) is 48.5 Å². The van der Waals surface area contributed by atoms with Gasteiger partial charge in [-0.25, -0.2) is 0 Å². The van der Waals surface area contributed by atoms with Gasteiger partial charge in [-0.1, -0.05) is 36.4 Å². The third-order valence-corrected chi connectivity index (χ3v) is 3.80. The number of hydrogen-bond donors (Lipinski definition) is 1. The normalized spacial score (nSPS) is 16.9. The second kappa shape index (κ2) is 5.64. The summed E-state index contributed by atoms with van der Waals surface area (Å²) in [4.78, 5) is 2.29. The Kier molecular flexibility index (Phi) is 4.13. The van der Waals surface area contributed by atoms with Crippen LogP contribution in [0.25, 0.3) is 0 Å². The van der Waals surface area contributed by atoms with Crippen molar-refractivity contribution in [3.05, 3.63) is 59.7 Å². The number of benzene rings is 2. The first-order valence-corrected chi connectivity index (χ1v) is 6.39. The molecule has 0 saturated carbocycles. The summed E-state index contributed by atoms with van der Waals surface area (Å²) >= 11 is 0. The summed E-state index contributed by atoms with van der Waals surface area (Å²) in [6, 6.07) is 17.7. The van der Waals surface area contributed by atoms with E-state index in [1.807, 2.05) is 7.05 Å². The molecule has 2 aromatic carbocycles. The minimum atomic E-state index is 0. The van der Waals surface area contributed by atoms with Gasteiger partial charge in [0.2, 0.25) is 0 Å². The van der Waals surface area contributed by atoms with Crippen LogP contribution in [0, 0.1) is 0 Å². The summed E-state index contributed by atoms with van der Waals surface area (Å²) in [6.45, 7) is 0. The molecule has 0 bridgehead atoms. The van der Waals surface area contributed by atoms with Crippen molar-refractivity contribution in [2.24, 2.45) is 0 Å². The Morgan fingerprint density at radius 3 is 2.37 bits per heavy atom. The van der Waals surface area contributed by atoms with Crippen molar-refractivity contribution >= 4 is 23.8 Å². The molecule has 3 rings (SSSR count). The molecule has 1 N–H and O–H groups in total. The van der Waals surface area contributed by atoms with E-state index in [-0.39, 0.29) is 12.4 Å². The van der Waals surface area contributed by atoms with Gasteiger partial charge >= 0.3 is 0 Å². The Morgan fingerprint density at radius 2 is 1.63 bits per heavy atom. The Balaban J connectivity index is 0.00000133. The van der Waals surface area contributed by atoms with E-state index in [9.17, 15) is 0 Å². The van der Waals surface area contributed by atoms with E-state index in [2.05, 4.69) is 65.8 Å². The molecular weight excluding hydrogens is 256 g/mol. The van der Waals surface area contributed by atoms with E-state index in [1.165, 1.54) is 22.5 Å². The van der Waals surface area contributed by atoms with Gasteiger partial charge in [0.1, 0.15) is 0 Å². The summed E-state index contributed by atoms with van der Waals surface area (Å²) in [5, 5.41) is 3.43. The van der Waals surface area contributed by atoms with Gasteiger partial charge in [0.05, 0.1) is 0 Å². The van der Waals surface area contributed by atoms with Gasteiger partial charge < -0.3 is 10.2 Å². The van der Waals surface area contributed by atoms with Crippen LogP contribution < -0.4 is 10.2 Å². The Labute approximate surface area is 120 Å². The quantitative estimate of drug-likeness (QED) is 0.853. The molecule has 0 aliphatic carbocycles.